The van der Waals surface area contributed by atoms with Crippen LogP contribution in [0.4, 0.5) is 0 Å². The quantitative estimate of drug-likeness (QED) is 0.621. The summed E-state index contributed by atoms with van der Waals surface area (Å²) < 4.78 is 1.81. The largest absolute Gasteiger partial charge is 0.353 e. The summed E-state index contributed by atoms with van der Waals surface area (Å²) in [6.45, 7) is 0.650. The van der Waals surface area contributed by atoms with Crippen LogP contribution in [0.2, 0.25) is 0 Å². The van der Waals surface area contributed by atoms with Gasteiger partial charge < -0.3 is 4.57 Å². The monoisotopic (exact) mass is 148 g/mol. The van der Waals surface area contributed by atoms with Crippen molar-refractivity contribution in [2.24, 2.45) is 0 Å². The van der Waals surface area contributed by atoms with Crippen LogP contribution < -0.4 is 5.43 Å². The molecule has 0 fully saturated rings. The first-order chi connectivity index (χ1) is 5.33. The van der Waals surface area contributed by atoms with E-state index in [0.29, 0.717) is 13.0 Å². The van der Waals surface area contributed by atoms with Crippen molar-refractivity contribution in [3.05, 3.63) is 34.7 Å². The molecule has 0 atom stereocenters. The summed E-state index contributed by atoms with van der Waals surface area (Å²) in [5, 5.41) is 8.26. The first kappa shape index (κ1) is 7.55. The molecule has 0 N–H and O–H groups in total. The third-order valence-electron chi connectivity index (χ3n) is 1.34. The molecule has 0 bridgehead atoms. The van der Waals surface area contributed by atoms with Gasteiger partial charge in [0.2, 0.25) is 0 Å². The number of aromatic nitrogens is 1. The number of hydrogen-bond donors (Lipinski definition) is 0. The zero-order valence-electron chi connectivity index (χ0n) is 6.03. The third kappa shape index (κ3) is 2.26. The summed E-state index contributed by atoms with van der Waals surface area (Å²) in [7, 11) is 0. The van der Waals surface area contributed by atoms with Gasteiger partial charge in [-0.25, -0.2) is 0 Å². The molecule has 0 spiro atoms. The summed E-state index contributed by atoms with van der Waals surface area (Å²) in [5.41, 5.74) is -0.00166. The molecule has 0 amide bonds. The minimum atomic E-state index is -0.00166. The Bertz CT molecular complexity index is 301. The Morgan fingerprint density at radius 3 is 2.64 bits per heavy atom. The maximum atomic E-state index is 10.6. The Balaban J connectivity index is 2.68. The predicted octanol–water partition coefficient (Wildman–Crippen LogP) is 0.762. The van der Waals surface area contributed by atoms with Crippen molar-refractivity contribution >= 4 is 0 Å². The van der Waals surface area contributed by atoms with Gasteiger partial charge in [-0.05, 0) is 0 Å². The number of aryl methyl sites for hydroxylation is 1. The topological polar surface area (TPSA) is 45.8 Å². The fraction of sp³-hybridized carbons (Fsp3) is 0.250. The van der Waals surface area contributed by atoms with E-state index in [1.807, 2.05) is 10.6 Å². The smallest absolute Gasteiger partial charge is 0.181 e. The van der Waals surface area contributed by atoms with Crippen molar-refractivity contribution in [1.82, 2.24) is 4.57 Å². The molecule has 56 valence electrons. The van der Waals surface area contributed by atoms with E-state index in [9.17, 15) is 4.79 Å². The van der Waals surface area contributed by atoms with Crippen LogP contribution in [0.5, 0.6) is 0 Å². The fourth-order valence-electron chi connectivity index (χ4n) is 0.772. The van der Waals surface area contributed by atoms with Gasteiger partial charge in [0.1, 0.15) is 0 Å². The first-order valence-electron chi connectivity index (χ1n) is 3.36. The van der Waals surface area contributed by atoms with Gasteiger partial charge in [0.15, 0.2) is 5.43 Å². The second kappa shape index (κ2) is 3.57. The van der Waals surface area contributed by atoms with Crippen molar-refractivity contribution in [3.8, 4) is 6.07 Å². The van der Waals surface area contributed by atoms with Gasteiger partial charge in [-0.15, -0.1) is 0 Å². The van der Waals surface area contributed by atoms with Crippen LogP contribution in [0, 0.1) is 11.3 Å². The van der Waals surface area contributed by atoms with Crippen LogP contribution in [-0.2, 0) is 6.54 Å². The van der Waals surface area contributed by atoms with Gasteiger partial charge in [0.25, 0.3) is 0 Å². The molecule has 0 radical (unpaired) electrons. The summed E-state index contributed by atoms with van der Waals surface area (Å²) in [6, 6.07) is 5.00. The van der Waals surface area contributed by atoms with Crippen molar-refractivity contribution < 1.29 is 0 Å². The molecule has 1 heterocycles. The van der Waals surface area contributed by atoms with Crippen molar-refractivity contribution in [1.29, 1.82) is 5.26 Å². The SMILES string of the molecule is N#CCCn1ccc(=O)cc1. The van der Waals surface area contributed by atoms with Gasteiger partial charge in [0, 0.05) is 31.1 Å². The Morgan fingerprint density at radius 2 is 2.09 bits per heavy atom. The number of nitriles is 1. The summed E-state index contributed by atoms with van der Waals surface area (Å²) in [4.78, 5) is 10.6. The van der Waals surface area contributed by atoms with Crippen molar-refractivity contribution in [3.63, 3.8) is 0 Å². The van der Waals surface area contributed by atoms with E-state index in [1.54, 1.807) is 12.4 Å². The van der Waals surface area contributed by atoms with Crippen LogP contribution in [0.1, 0.15) is 6.42 Å². The maximum Gasteiger partial charge on any atom is 0.181 e. The van der Waals surface area contributed by atoms with E-state index in [1.165, 1.54) is 12.1 Å². The maximum absolute atomic E-state index is 10.6. The highest BCUT2D eigenvalue weighted by Gasteiger charge is 1.86. The molecule has 0 unspecified atom stereocenters. The summed E-state index contributed by atoms with van der Waals surface area (Å²) in [5.74, 6) is 0. The molecule has 0 aliphatic rings. The van der Waals surface area contributed by atoms with Gasteiger partial charge in [-0.1, -0.05) is 0 Å². The van der Waals surface area contributed by atoms with Crippen LogP contribution in [-0.4, -0.2) is 4.57 Å². The standard InChI is InChI=1S/C8H8N2O/c9-4-1-5-10-6-2-8(11)3-7-10/h2-3,6-7H,1,5H2. The molecule has 11 heavy (non-hydrogen) atoms. The molecule has 1 aromatic heterocycles. The van der Waals surface area contributed by atoms with Crippen molar-refractivity contribution in [2.45, 2.75) is 13.0 Å². The highest BCUT2D eigenvalue weighted by atomic mass is 16.1. The van der Waals surface area contributed by atoms with E-state index < -0.39 is 0 Å². The van der Waals surface area contributed by atoms with E-state index in [0.717, 1.165) is 0 Å². The molecule has 0 aromatic carbocycles. The average Bonchev–Trinajstić information content (AvgIpc) is 2.04. The second-order valence-electron chi connectivity index (χ2n) is 2.18. The molecule has 0 aliphatic heterocycles. The second-order valence-corrected chi connectivity index (χ2v) is 2.18. The molecule has 3 nitrogen and oxygen atoms in total. The lowest BCUT2D eigenvalue weighted by Gasteiger charge is -1.99. The molecule has 1 rings (SSSR count). The van der Waals surface area contributed by atoms with Crippen LogP contribution in [0.25, 0.3) is 0 Å². The molecule has 1 aromatic rings. The van der Waals surface area contributed by atoms with E-state index >= 15 is 0 Å². The Labute approximate surface area is 64.5 Å². The minimum Gasteiger partial charge on any atom is -0.353 e. The third-order valence-corrected chi connectivity index (χ3v) is 1.34. The molecular formula is C8H8N2O. The molecule has 3 heteroatoms. The summed E-state index contributed by atoms with van der Waals surface area (Å²) in [6.07, 6.45) is 3.84. The van der Waals surface area contributed by atoms with E-state index in [4.69, 9.17) is 5.26 Å². The average molecular weight is 148 g/mol. The lowest BCUT2D eigenvalue weighted by molar-refractivity contribution is 0.708. The van der Waals surface area contributed by atoms with Crippen LogP contribution >= 0.6 is 0 Å². The Hall–Kier alpha value is -1.56. The fourth-order valence-corrected chi connectivity index (χ4v) is 0.772. The van der Waals surface area contributed by atoms with E-state index in [-0.39, 0.29) is 5.43 Å². The van der Waals surface area contributed by atoms with E-state index in [2.05, 4.69) is 0 Å². The lowest BCUT2D eigenvalue weighted by atomic mass is 10.4. The lowest BCUT2D eigenvalue weighted by Crippen LogP contribution is -2.03. The molecule has 0 aliphatic carbocycles. The van der Waals surface area contributed by atoms with Gasteiger partial charge in [-0.2, -0.15) is 5.26 Å². The van der Waals surface area contributed by atoms with Gasteiger partial charge in [-0.3, -0.25) is 4.79 Å². The number of nitrogens with zero attached hydrogens (tertiary/aromatic N) is 2. The number of rotatable bonds is 2. The van der Waals surface area contributed by atoms with Crippen LogP contribution in [0.3, 0.4) is 0 Å². The van der Waals surface area contributed by atoms with Crippen LogP contribution in [0.15, 0.2) is 29.3 Å². The number of hydrogen-bond acceptors (Lipinski definition) is 2. The molecule has 0 saturated heterocycles. The number of pyridine rings is 1. The van der Waals surface area contributed by atoms with Crippen molar-refractivity contribution in [2.75, 3.05) is 0 Å². The van der Waals surface area contributed by atoms with Gasteiger partial charge >= 0.3 is 0 Å². The normalized spacial score (nSPS) is 9.00. The highest BCUT2D eigenvalue weighted by Crippen LogP contribution is 1.86. The summed E-state index contributed by atoms with van der Waals surface area (Å²) >= 11 is 0. The Morgan fingerprint density at radius 1 is 1.45 bits per heavy atom. The first-order valence-corrected chi connectivity index (χ1v) is 3.36. The molecular weight excluding hydrogens is 140 g/mol. The molecule has 0 saturated carbocycles. The Kier molecular flexibility index (Phi) is 2.45. The predicted molar refractivity (Wildman–Crippen MR) is 40.9 cm³/mol. The van der Waals surface area contributed by atoms with Gasteiger partial charge in [0.05, 0.1) is 12.5 Å². The minimum absolute atomic E-state index is 0.00166. The highest BCUT2D eigenvalue weighted by molar-refractivity contribution is 4.93. The zero-order chi connectivity index (χ0) is 8.10. The zero-order valence-corrected chi connectivity index (χ0v) is 6.03.